The normalized spacial score (nSPS) is 30.4. The summed E-state index contributed by atoms with van der Waals surface area (Å²) in [5.74, 6) is -0.241. The Bertz CT molecular complexity index is 149. The summed E-state index contributed by atoms with van der Waals surface area (Å²) < 4.78 is 9.67. The zero-order valence-corrected chi connectivity index (χ0v) is 6.79. The number of hydrogen-bond acceptors (Lipinski definition) is 4. The molecule has 1 N–H and O–H groups in total. The highest BCUT2D eigenvalue weighted by atomic mass is 16.5. The van der Waals surface area contributed by atoms with E-state index in [0.717, 1.165) is 13.0 Å². The van der Waals surface area contributed by atoms with Crippen LogP contribution in [0.4, 0.5) is 0 Å². The first-order chi connectivity index (χ1) is 5.29. The summed E-state index contributed by atoms with van der Waals surface area (Å²) in [7, 11) is 2.99. The largest absolute Gasteiger partial charge is 0.468 e. The maximum absolute atomic E-state index is 11.0. The van der Waals surface area contributed by atoms with E-state index in [1.54, 1.807) is 7.11 Å². The van der Waals surface area contributed by atoms with Gasteiger partial charge in [0.2, 0.25) is 0 Å². The second-order valence-corrected chi connectivity index (χ2v) is 2.52. The summed E-state index contributed by atoms with van der Waals surface area (Å²) in [6, 6.07) is -0.273. The van der Waals surface area contributed by atoms with E-state index in [1.165, 1.54) is 7.11 Å². The molecule has 1 saturated heterocycles. The van der Waals surface area contributed by atoms with E-state index in [2.05, 4.69) is 10.1 Å². The quantitative estimate of drug-likeness (QED) is 0.554. The van der Waals surface area contributed by atoms with Crippen molar-refractivity contribution < 1.29 is 14.3 Å². The number of methoxy groups -OCH3 is 2. The average Bonchev–Trinajstić information content (AvgIpc) is 2.50. The molecule has 1 fully saturated rings. The molecule has 0 aliphatic carbocycles. The predicted octanol–water partition coefficient (Wildman–Crippen LogP) is -0.464. The van der Waals surface area contributed by atoms with Crippen molar-refractivity contribution in [3.63, 3.8) is 0 Å². The standard InChI is InChI=1S/C7H13NO3/c1-10-5-3-4-8-6(5)7(9)11-2/h5-6,8H,3-4H2,1-2H3/t5?,6-/m0/s1. The van der Waals surface area contributed by atoms with Crippen molar-refractivity contribution in [3.05, 3.63) is 0 Å². The molecule has 0 saturated carbocycles. The summed E-state index contributed by atoms with van der Waals surface area (Å²) >= 11 is 0. The van der Waals surface area contributed by atoms with Gasteiger partial charge in [-0.1, -0.05) is 0 Å². The monoisotopic (exact) mass is 159 g/mol. The molecule has 1 aliphatic heterocycles. The second-order valence-electron chi connectivity index (χ2n) is 2.52. The van der Waals surface area contributed by atoms with Crippen LogP contribution in [0.2, 0.25) is 0 Å². The maximum atomic E-state index is 11.0. The molecule has 1 rings (SSSR count). The molecular weight excluding hydrogens is 146 g/mol. The van der Waals surface area contributed by atoms with Crippen molar-refractivity contribution in [2.75, 3.05) is 20.8 Å². The lowest BCUT2D eigenvalue weighted by Crippen LogP contribution is -2.40. The Labute approximate surface area is 65.9 Å². The fraction of sp³-hybridized carbons (Fsp3) is 0.857. The Hall–Kier alpha value is -0.610. The molecule has 0 spiro atoms. The molecule has 0 radical (unpaired) electrons. The van der Waals surface area contributed by atoms with Crippen LogP contribution in [0.15, 0.2) is 0 Å². The minimum absolute atomic E-state index is 0.0255. The van der Waals surface area contributed by atoms with Crippen molar-refractivity contribution in [1.29, 1.82) is 0 Å². The van der Waals surface area contributed by atoms with Crippen molar-refractivity contribution in [1.82, 2.24) is 5.32 Å². The van der Waals surface area contributed by atoms with E-state index >= 15 is 0 Å². The van der Waals surface area contributed by atoms with Crippen molar-refractivity contribution in [3.8, 4) is 0 Å². The van der Waals surface area contributed by atoms with Crippen molar-refractivity contribution in [2.45, 2.75) is 18.6 Å². The summed E-state index contributed by atoms with van der Waals surface area (Å²) in [5.41, 5.74) is 0. The molecule has 0 aromatic heterocycles. The third-order valence-electron chi connectivity index (χ3n) is 1.92. The first-order valence-corrected chi connectivity index (χ1v) is 3.63. The zero-order valence-electron chi connectivity index (χ0n) is 6.79. The molecule has 1 heterocycles. The van der Waals surface area contributed by atoms with Gasteiger partial charge in [-0.15, -0.1) is 0 Å². The average molecular weight is 159 g/mol. The van der Waals surface area contributed by atoms with Gasteiger partial charge >= 0.3 is 5.97 Å². The second kappa shape index (κ2) is 3.69. The Kier molecular flexibility index (Phi) is 2.84. The maximum Gasteiger partial charge on any atom is 0.325 e. The molecule has 0 aromatic rings. The van der Waals surface area contributed by atoms with E-state index < -0.39 is 0 Å². The Morgan fingerprint density at radius 2 is 2.27 bits per heavy atom. The van der Waals surface area contributed by atoms with Gasteiger partial charge in [-0.05, 0) is 13.0 Å². The summed E-state index contributed by atoms with van der Waals surface area (Å²) in [6.45, 7) is 0.818. The van der Waals surface area contributed by atoms with Gasteiger partial charge in [0, 0.05) is 7.11 Å². The number of ether oxygens (including phenoxy) is 2. The highest BCUT2D eigenvalue weighted by Crippen LogP contribution is 2.11. The van der Waals surface area contributed by atoms with Gasteiger partial charge in [-0.3, -0.25) is 4.79 Å². The van der Waals surface area contributed by atoms with Crippen molar-refractivity contribution >= 4 is 5.97 Å². The third kappa shape index (κ3) is 1.70. The highest BCUT2D eigenvalue weighted by Gasteiger charge is 2.33. The zero-order chi connectivity index (χ0) is 8.27. The lowest BCUT2D eigenvalue weighted by atomic mass is 10.2. The lowest BCUT2D eigenvalue weighted by Gasteiger charge is -2.14. The van der Waals surface area contributed by atoms with Gasteiger partial charge in [-0.25, -0.2) is 0 Å². The number of rotatable bonds is 2. The molecule has 0 aromatic carbocycles. The fourth-order valence-corrected chi connectivity index (χ4v) is 1.30. The van der Waals surface area contributed by atoms with E-state index in [-0.39, 0.29) is 18.1 Å². The van der Waals surface area contributed by atoms with E-state index in [0.29, 0.717) is 0 Å². The number of esters is 1. The number of nitrogens with one attached hydrogen (secondary N) is 1. The first kappa shape index (κ1) is 8.49. The van der Waals surface area contributed by atoms with Crippen LogP contribution in [0.1, 0.15) is 6.42 Å². The van der Waals surface area contributed by atoms with Crippen LogP contribution in [-0.2, 0) is 14.3 Å². The van der Waals surface area contributed by atoms with Crippen LogP contribution in [-0.4, -0.2) is 38.9 Å². The minimum atomic E-state index is -0.273. The SMILES string of the molecule is COC(=O)[C@H]1NCCC1OC. The number of hydrogen-bond donors (Lipinski definition) is 1. The van der Waals surface area contributed by atoms with Crippen LogP contribution in [0.3, 0.4) is 0 Å². The van der Waals surface area contributed by atoms with Crippen molar-refractivity contribution in [2.24, 2.45) is 0 Å². The van der Waals surface area contributed by atoms with Gasteiger partial charge in [0.25, 0.3) is 0 Å². The van der Waals surface area contributed by atoms with Crippen LogP contribution < -0.4 is 5.32 Å². The molecule has 4 heteroatoms. The summed E-state index contributed by atoms with van der Waals surface area (Å²) in [5, 5.41) is 3.01. The predicted molar refractivity (Wildman–Crippen MR) is 39.2 cm³/mol. The molecule has 11 heavy (non-hydrogen) atoms. The van der Waals surface area contributed by atoms with E-state index in [1.807, 2.05) is 0 Å². The van der Waals surface area contributed by atoms with Crippen LogP contribution in [0.25, 0.3) is 0 Å². The fourth-order valence-electron chi connectivity index (χ4n) is 1.30. The Morgan fingerprint density at radius 3 is 2.82 bits per heavy atom. The van der Waals surface area contributed by atoms with Gasteiger partial charge in [0.05, 0.1) is 13.2 Å². The molecule has 4 nitrogen and oxygen atoms in total. The van der Waals surface area contributed by atoms with E-state index in [4.69, 9.17) is 4.74 Å². The molecule has 2 atom stereocenters. The third-order valence-corrected chi connectivity index (χ3v) is 1.92. The molecule has 64 valence electrons. The van der Waals surface area contributed by atoms with Gasteiger partial charge in [-0.2, -0.15) is 0 Å². The Balaban J connectivity index is 2.49. The topological polar surface area (TPSA) is 47.6 Å². The molecule has 0 amide bonds. The van der Waals surface area contributed by atoms with Gasteiger partial charge in [0.1, 0.15) is 6.04 Å². The molecule has 1 unspecified atom stereocenters. The smallest absolute Gasteiger partial charge is 0.325 e. The lowest BCUT2D eigenvalue weighted by molar-refractivity contribution is -0.145. The number of carbonyl (C=O) groups is 1. The van der Waals surface area contributed by atoms with Crippen LogP contribution in [0.5, 0.6) is 0 Å². The minimum Gasteiger partial charge on any atom is -0.468 e. The molecule has 0 bridgehead atoms. The van der Waals surface area contributed by atoms with Gasteiger partial charge < -0.3 is 14.8 Å². The van der Waals surface area contributed by atoms with Gasteiger partial charge in [0.15, 0.2) is 0 Å². The van der Waals surface area contributed by atoms with Crippen LogP contribution in [0, 0.1) is 0 Å². The first-order valence-electron chi connectivity index (χ1n) is 3.63. The van der Waals surface area contributed by atoms with E-state index in [9.17, 15) is 4.79 Å². The van der Waals surface area contributed by atoms with Crippen LogP contribution >= 0.6 is 0 Å². The Morgan fingerprint density at radius 1 is 1.55 bits per heavy atom. The number of carbonyl (C=O) groups excluding carboxylic acids is 1. The molecule has 1 aliphatic rings. The molecular formula is C7H13NO3. The highest BCUT2D eigenvalue weighted by molar-refractivity contribution is 5.76. The summed E-state index contributed by atoms with van der Waals surface area (Å²) in [4.78, 5) is 11.0. The summed E-state index contributed by atoms with van der Waals surface area (Å²) in [6.07, 6.45) is 0.846.